The summed E-state index contributed by atoms with van der Waals surface area (Å²) in [6, 6.07) is 1.03. The van der Waals surface area contributed by atoms with Crippen LogP contribution in [-0.4, -0.2) is 40.5 Å². The summed E-state index contributed by atoms with van der Waals surface area (Å²) in [4.78, 5) is 9.82. The number of hydrogen-bond acceptors (Lipinski definition) is 4. The first-order valence-corrected chi connectivity index (χ1v) is 7.38. The minimum absolute atomic E-state index is 0.0665. The zero-order chi connectivity index (χ0) is 15.3. The van der Waals surface area contributed by atoms with Crippen LogP contribution in [0.2, 0.25) is 0 Å². The molecule has 2 rings (SSSR count). The van der Waals surface area contributed by atoms with Gasteiger partial charge in [0.1, 0.15) is 5.69 Å². The van der Waals surface area contributed by atoms with Gasteiger partial charge in [0.2, 0.25) is 5.95 Å². The number of anilines is 1. The third-order valence-corrected chi connectivity index (χ3v) is 3.69. The Balaban J connectivity index is 1.86. The van der Waals surface area contributed by atoms with Crippen LogP contribution in [0.1, 0.15) is 38.3 Å². The summed E-state index contributed by atoms with van der Waals surface area (Å²) in [5.74, 6) is 0.0665. The van der Waals surface area contributed by atoms with Crippen LogP contribution in [0.25, 0.3) is 0 Å². The van der Waals surface area contributed by atoms with E-state index in [2.05, 4.69) is 27.1 Å². The first-order chi connectivity index (χ1) is 9.99. The van der Waals surface area contributed by atoms with Gasteiger partial charge in [-0.25, -0.2) is 9.97 Å². The van der Waals surface area contributed by atoms with Crippen LogP contribution >= 0.6 is 0 Å². The van der Waals surface area contributed by atoms with E-state index in [1.807, 2.05) is 0 Å². The van der Waals surface area contributed by atoms with Crippen molar-refractivity contribution in [2.75, 3.05) is 25.0 Å². The van der Waals surface area contributed by atoms with Gasteiger partial charge in [0.05, 0.1) is 0 Å². The minimum Gasteiger partial charge on any atom is -0.351 e. The second-order valence-corrected chi connectivity index (χ2v) is 5.38. The molecular weight excluding hydrogens is 281 g/mol. The maximum atomic E-state index is 12.6. The normalized spacial score (nSPS) is 17.9. The maximum Gasteiger partial charge on any atom is 0.433 e. The van der Waals surface area contributed by atoms with E-state index in [-0.39, 0.29) is 12.0 Å². The molecule has 0 saturated carbocycles. The lowest BCUT2D eigenvalue weighted by Gasteiger charge is -2.32. The Kier molecular flexibility index (Phi) is 5.39. The van der Waals surface area contributed by atoms with Crippen LogP contribution in [0.15, 0.2) is 12.3 Å². The lowest BCUT2D eigenvalue weighted by atomic mass is 10.0. The molecule has 0 radical (unpaired) electrons. The summed E-state index contributed by atoms with van der Waals surface area (Å²) in [6.07, 6.45) is 0.898. The predicted molar refractivity (Wildman–Crippen MR) is 75.0 cm³/mol. The number of aromatic nitrogens is 2. The molecule has 21 heavy (non-hydrogen) atoms. The van der Waals surface area contributed by atoms with Crippen molar-refractivity contribution in [2.45, 2.75) is 44.8 Å². The van der Waals surface area contributed by atoms with Gasteiger partial charge in [-0.3, -0.25) is 0 Å². The molecule has 0 unspecified atom stereocenters. The largest absolute Gasteiger partial charge is 0.433 e. The lowest BCUT2D eigenvalue weighted by molar-refractivity contribution is -0.141. The highest BCUT2D eigenvalue weighted by molar-refractivity contribution is 5.27. The van der Waals surface area contributed by atoms with Crippen molar-refractivity contribution in [1.82, 2.24) is 14.9 Å². The molecule has 0 spiro atoms. The van der Waals surface area contributed by atoms with Gasteiger partial charge in [0.25, 0.3) is 0 Å². The third kappa shape index (κ3) is 4.84. The number of alkyl halides is 3. The Hall–Kier alpha value is -1.37. The van der Waals surface area contributed by atoms with Gasteiger partial charge in [-0.15, -0.1) is 0 Å². The number of halogens is 3. The van der Waals surface area contributed by atoms with Crippen LogP contribution in [0.5, 0.6) is 0 Å². The van der Waals surface area contributed by atoms with Gasteiger partial charge in [-0.05, 0) is 31.9 Å². The van der Waals surface area contributed by atoms with Crippen LogP contribution in [-0.2, 0) is 6.18 Å². The van der Waals surface area contributed by atoms with Gasteiger partial charge in [0.15, 0.2) is 0 Å². The van der Waals surface area contributed by atoms with E-state index in [0.29, 0.717) is 0 Å². The summed E-state index contributed by atoms with van der Waals surface area (Å²) >= 11 is 0. The average molecular weight is 302 g/mol. The zero-order valence-corrected chi connectivity index (χ0v) is 12.2. The molecule has 1 fully saturated rings. The van der Waals surface area contributed by atoms with Crippen molar-refractivity contribution in [3.63, 3.8) is 0 Å². The van der Waals surface area contributed by atoms with Crippen molar-refractivity contribution < 1.29 is 13.2 Å². The predicted octanol–water partition coefficient (Wildman–Crippen LogP) is 3.17. The van der Waals surface area contributed by atoms with E-state index in [1.54, 1.807) is 0 Å². The first-order valence-electron chi connectivity index (χ1n) is 7.38. The fourth-order valence-corrected chi connectivity index (χ4v) is 2.45. The first kappa shape index (κ1) is 16.0. The molecule has 1 aromatic rings. The molecule has 0 amide bonds. The van der Waals surface area contributed by atoms with Crippen LogP contribution < -0.4 is 5.32 Å². The second-order valence-electron chi connectivity index (χ2n) is 5.38. The molecule has 1 aliphatic rings. The van der Waals surface area contributed by atoms with Crippen LogP contribution in [0, 0.1) is 0 Å². The molecule has 4 nitrogen and oxygen atoms in total. The Labute approximate surface area is 122 Å². The fourth-order valence-electron chi connectivity index (χ4n) is 2.45. The number of nitrogens with zero attached hydrogens (tertiary/aromatic N) is 3. The highest BCUT2D eigenvalue weighted by Crippen LogP contribution is 2.27. The smallest absolute Gasteiger partial charge is 0.351 e. The number of piperidine rings is 1. The lowest BCUT2D eigenvalue weighted by Crippen LogP contribution is -2.39. The average Bonchev–Trinajstić information content (AvgIpc) is 2.46. The van der Waals surface area contributed by atoms with E-state index in [9.17, 15) is 13.2 Å². The van der Waals surface area contributed by atoms with E-state index in [0.717, 1.165) is 44.7 Å². The minimum atomic E-state index is -4.43. The molecule has 7 heteroatoms. The van der Waals surface area contributed by atoms with Crippen molar-refractivity contribution in [3.8, 4) is 0 Å². The molecule has 0 aliphatic carbocycles. The molecular formula is C14H21F3N4. The zero-order valence-electron chi connectivity index (χ0n) is 12.2. The molecule has 1 N–H and O–H groups in total. The monoisotopic (exact) mass is 302 g/mol. The molecule has 1 aromatic heterocycles. The topological polar surface area (TPSA) is 41.0 Å². The molecule has 0 aromatic carbocycles. The maximum absolute atomic E-state index is 12.6. The molecule has 1 saturated heterocycles. The Bertz CT molecular complexity index is 442. The number of hydrogen-bond donors (Lipinski definition) is 1. The highest BCUT2D eigenvalue weighted by Gasteiger charge is 2.33. The van der Waals surface area contributed by atoms with Crippen LogP contribution in [0.3, 0.4) is 0 Å². The summed E-state index contributed by atoms with van der Waals surface area (Å²) in [7, 11) is 0. The Morgan fingerprint density at radius 1 is 1.33 bits per heavy atom. The van der Waals surface area contributed by atoms with Crippen molar-refractivity contribution >= 4 is 5.95 Å². The SMILES string of the molecule is CCCCN1CCC(Nc2nccc(C(F)(F)F)n2)CC1. The standard InChI is InChI=1S/C14H21F3N4/c1-2-3-8-21-9-5-11(6-10-21)19-13-18-7-4-12(20-13)14(15,16)17/h4,7,11H,2-3,5-6,8-10H2,1H3,(H,18,19,20). The van der Waals surface area contributed by atoms with E-state index in [1.165, 1.54) is 12.8 Å². The van der Waals surface area contributed by atoms with Gasteiger partial charge in [-0.1, -0.05) is 13.3 Å². The van der Waals surface area contributed by atoms with Gasteiger partial charge in [-0.2, -0.15) is 13.2 Å². The quantitative estimate of drug-likeness (QED) is 0.907. The van der Waals surface area contributed by atoms with Crippen molar-refractivity contribution in [2.24, 2.45) is 0 Å². The van der Waals surface area contributed by atoms with Gasteiger partial charge in [0, 0.05) is 25.3 Å². The van der Waals surface area contributed by atoms with Crippen molar-refractivity contribution in [3.05, 3.63) is 18.0 Å². The molecule has 1 aliphatic heterocycles. The van der Waals surface area contributed by atoms with E-state index < -0.39 is 11.9 Å². The summed E-state index contributed by atoms with van der Waals surface area (Å²) in [6.45, 7) is 5.20. The highest BCUT2D eigenvalue weighted by atomic mass is 19.4. The number of likely N-dealkylation sites (tertiary alicyclic amines) is 1. The van der Waals surface area contributed by atoms with Gasteiger partial charge >= 0.3 is 6.18 Å². The molecule has 0 bridgehead atoms. The Morgan fingerprint density at radius 3 is 2.67 bits per heavy atom. The molecule has 2 heterocycles. The van der Waals surface area contributed by atoms with E-state index >= 15 is 0 Å². The summed E-state index contributed by atoms with van der Waals surface area (Å²) in [5.41, 5.74) is -0.902. The molecule has 118 valence electrons. The molecule has 0 atom stereocenters. The number of rotatable bonds is 5. The number of unbranched alkanes of at least 4 members (excludes halogenated alkanes) is 1. The Morgan fingerprint density at radius 2 is 2.05 bits per heavy atom. The fraction of sp³-hybridized carbons (Fsp3) is 0.714. The summed E-state index contributed by atoms with van der Waals surface area (Å²) < 4.78 is 37.8. The van der Waals surface area contributed by atoms with Crippen molar-refractivity contribution in [1.29, 1.82) is 0 Å². The van der Waals surface area contributed by atoms with E-state index in [4.69, 9.17) is 0 Å². The summed E-state index contributed by atoms with van der Waals surface area (Å²) in [5, 5.41) is 3.02. The number of nitrogens with one attached hydrogen (secondary N) is 1. The van der Waals surface area contributed by atoms with Gasteiger partial charge < -0.3 is 10.2 Å². The van der Waals surface area contributed by atoms with Crippen LogP contribution in [0.4, 0.5) is 19.1 Å². The third-order valence-electron chi connectivity index (χ3n) is 3.69. The second kappa shape index (κ2) is 7.06.